The minimum Gasteiger partial charge on any atom is -0.395 e. The van der Waals surface area contributed by atoms with E-state index in [0.717, 1.165) is 5.56 Å². The second-order valence-electron chi connectivity index (χ2n) is 3.81. The van der Waals surface area contributed by atoms with Gasteiger partial charge in [-0.1, -0.05) is 18.2 Å². The zero-order valence-corrected chi connectivity index (χ0v) is 9.80. The molecule has 0 fully saturated rings. The van der Waals surface area contributed by atoms with Crippen LogP contribution in [0.25, 0.3) is 0 Å². The normalized spacial score (nSPS) is 10.5. The fourth-order valence-electron chi connectivity index (χ4n) is 1.64. The van der Waals surface area contributed by atoms with Crippen LogP contribution in [0.5, 0.6) is 0 Å². The maximum absolute atomic E-state index is 11.0. The van der Waals surface area contributed by atoms with Crippen molar-refractivity contribution in [3.05, 3.63) is 48.0 Å². The number of aliphatic hydroxyl groups is 1. The van der Waals surface area contributed by atoms with E-state index in [1.165, 1.54) is 0 Å². The van der Waals surface area contributed by atoms with E-state index in [2.05, 4.69) is 6.58 Å². The van der Waals surface area contributed by atoms with E-state index < -0.39 is 5.91 Å². The summed E-state index contributed by atoms with van der Waals surface area (Å²) in [6.45, 7) is 5.71. The molecule has 0 saturated carbocycles. The van der Waals surface area contributed by atoms with E-state index >= 15 is 0 Å². The molecule has 1 aromatic rings. The predicted molar refractivity (Wildman–Crippen MR) is 67.5 cm³/mol. The summed E-state index contributed by atoms with van der Waals surface area (Å²) in [5, 5.41) is 8.93. The Labute approximate surface area is 101 Å². The van der Waals surface area contributed by atoms with Crippen molar-refractivity contribution in [2.24, 2.45) is 5.73 Å². The Bertz CT molecular complexity index is 391. The predicted octanol–water partition coefficient (Wildman–Crippen LogP) is 0.766. The van der Waals surface area contributed by atoms with Gasteiger partial charge in [0.1, 0.15) is 0 Å². The number of nitrogens with zero attached hydrogens (tertiary/aromatic N) is 1. The molecule has 0 unspecified atom stereocenters. The zero-order valence-electron chi connectivity index (χ0n) is 9.80. The lowest BCUT2D eigenvalue weighted by Crippen LogP contribution is -2.26. The van der Waals surface area contributed by atoms with Crippen LogP contribution in [-0.4, -0.2) is 35.6 Å². The van der Waals surface area contributed by atoms with Crippen LogP contribution in [0.3, 0.4) is 0 Å². The van der Waals surface area contributed by atoms with Crippen molar-refractivity contribution in [1.82, 2.24) is 4.90 Å². The summed E-state index contributed by atoms with van der Waals surface area (Å²) in [4.78, 5) is 13.1. The van der Waals surface area contributed by atoms with Crippen LogP contribution in [0.4, 0.5) is 0 Å². The monoisotopic (exact) mass is 234 g/mol. The highest BCUT2D eigenvalue weighted by atomic mass is 16.3. The molecule has 1 amide bonds. The lowest BCUT2D eigenvalue weighted by Gasteiger charge is -2.19. The molecule has 0 radical (unpaired) electrons. The molecule has 3 N–H and O–H groups in total. The van der Waals surface area contributed by atoms with Gasteiger partial charge in [-0.25, -0.2) is 0 Å². The average molecular weight is 234 g/mol. The minimum absolute atomic E-state index is 0.101. The summed E-state index contributed by atoms with van der Waals surface area (Å²) in [6.07, 6.45) is 1.79. The van der Waals surface area contributed by atoms with Gasteiger partial charge in [-0.05, 0) is 17.7 Å². The molecule has 0 spiro atoms. The van der Waals surface area contributed by atoms with Gasteiger partial charge in [-0.15, -0.1) is 6.58 Å². The molecule has 0 aliphatic carbocycles. The number of rotatable bonds is 7. The standard InChI is InChI=1S/C13H18N2O2/c1-2-6-15(7-8-16)10-11-4-3-5-12(9-11)13(14)17/h2-5,9,16H,1,6-8,10H2,(H2,14,17). The number of benzene rings is 1. The fourth-order valence-corrected chi connectivity index (χ4v) is 1.64. The molecule has 0 aliphatic rings. The van der Waals surface area contributed by atoms with Crippen LogP contribution in [0.1, 0.15) is 15.9 Å². The van der Waals surface area contributed by atoms with Gasteiger partial charge in [-0.2, -0.15) is 0 Å². The molecule has 0 heterocycles. The maximum Gasteiger partial charge on any atom is 0.248 e. The first-order valence-electron chi connectivity index (χ1n) is 5.50. The number of carbonyl (C=O) groups excluding carboxylic acids is 1. The molecule has 0 aromatic heterocycles. The minimum atomic E-state index is -0.427. The van der Waals surface area contributed by atoms with E-state index in [0.29, 0.717) is 25.2 Å². The summed E-state index contributed by atoms with van der Waals surface area (Å²) in [7, 11) is 0. The topological polar surface area (TPSA) is 66.6 Å². The van der Waals surface area contributed by atoms with Crippen LogP contribution in [0.15, 0.2) is 36.9 Å². The summed E-state index contributed by atoms with van der Waals surface area (Å²) in [6, 6.07) is 7.20. The molecule has 0 saturated heterocycles. The Morgan fingerprint density at radius 1 is 1.53 bits per heavy atom. The smallest absolute Gasteiger partial charge is 0.248 e. The van der Waals surface area contributed by atoms with Crippen molar-refractivity contribution < 1.29 is 9.90 Å². The summed E-state index contributed by atoms with van der Waals surface area (Å²) < 4.78 is 0. The van der Waals surface area contributed by atoms with Crippen molar-refractivity contribution in [2.45, 2.75) is 6.54 Å². The first kappa shape index (κ1) is 13.4. The van der Waals surface area contributed by atoms with E-state index in [1.54, 1.807) is 24.3 Å². The van der Waals surface area contributed by atoms with Crippen molar-refractivity contribution >= 4 is 5.91 Å². The van der Waals surface area contributed by atoms with E-state index in [-0.39, 0.29) is 6.61 Å². The molecule has 0 aliphatic heterocycles. The first-order chi connectivity index (χ1) is 8.17. The highest BCUT2D eigenvalue weighted by molar-refractivity contribution is 5.92. The maximum atomic E-state index is 11.0. The third kappa shape index (κ3) is 4.38. The number of nitrogens with two attached hydrogens (primary N) is 1. The summed E-state index contributed by atoms with van der Waals surface area (Å²) in [5.74, 6) is -0.427. The number of carbonyl (C=O) groups is 1. The van der Waals surface area contributed by atoms with Crippen LogP contribution < -0.4 is 5.73 Å². The van der Waals surface area contributed by atoms with Crippen LogP contribution >= 0.6 is 0 Å². The Kier molecular flexibility index (Phi) is 5.39. The highest BCUT2D eigenvalue weighted by Crippen LogP contribution is 2.08. The molecule has 0 bridgehead atoms. The third-order valence-corrected chi connectivity index (χ3v) is 2.42. The van der Waals surface area contributed by atoms with Crippen molar-refractivity contribution in [3.8, 4) is 0 Å². The number of aliphatic hydroxyl groups excluding tert-OH is 1. The molecule has 92 valence electrons. The van der Waals surface area contributed by atoms with Gasteiger partial charge in [0.2, 0.25) is 5.91 Å². The van der Waals surface area contributed by atoms with Gasteiger partial charge >= 0.3 is 0 Å². The fraction of sp³-hybridized carbons (Fsp3) is 0.308. The van der Waals surface area contributed by atoms with Gasteiger partial charge in [-0.3, -0.25) is 9.69 Å². The molecular formula is C13H18N2O2. The van der Waals surface area contributed by atoms with Gasteiger partial charge in [0.25, 0.3) is 0 Å². The SMILES string of the molecule is C=CCN(CCO)Cc1cccc(C(N)=O)c1. The zero-order chi connectivity index (χ0) is 12.7. The molecule has 1 aromatic carbocycles. The Hall–Kier alpha value is -1.65. The van der Waals surface area contributed by atoms with Gasteiger partial charge in [0.15, 0.2) is 0 Å². The third-order valence-electron chi connectivity index (χ3n) is 2.42. The van der Waals surface area contributed by atoms with E-state index in [9.17, 15) is 4.79 Å². The van der Waals surface area contributed by atoms with Gasteiger partial charge in [0, 0.05) is 25.2 Å². The van der Waals surface area contributed by atoms with Crippen molar-refractivity contribution in [1.29, 1.82) is 0 Å². The van der Waals surface area contributed by atoms with E-state index in [4.69, 9.17) is 10.8 Å². The lowest BCUT2D eigenvalue weighted by molar-refractivity contribution is 0.1000. The lowest BCUT2D eigenvalue weighted by atomic mass is 10.1. The largest absolute Gasteiger partial charge is 0.395 e. The molecule has 4 nitrogen and oxygen atoms in total. The molecule has 17 heavy (non-hydrogen) atoms. The molecule has 0 atom stereocenters. The number of primary amides is 1. The number of hydrogen-bond donors (Lipinski definition) is 2. The Morgan fingerprint density at radius 3 is 2.88 bits per heavy atom. The van der Waals surface area contributed by atoms with Gasteiger partial charge < -0.3 is 10.8 Å². The van der Waals surface area contributed by atoms with Crippen LogP contribution in [0, 0.1) is 0 Å². The van der Waals surface area contributed by atoms with Gasteiger partial charge in [0.05, 0.1) is 6.61 Å². The average Bonchev–Trinajstić information content (AvgIpc) is 2.30. The Balaban J connectivity index is 2.74. The summed E-state index contributed by atoms with van der Waals surface area (Å²) in [5.41, 5.74) is 6.72. The molecule has 1 rings (SSSR count). The molecule has 4 heteroatoms. The summed E-state index contributed by atoms with van der Waals surface area (Å²) >= 11 is 0. The highest BCUT2D eigenvalue weighted by Gasteiger charge is 2.06. The quantitative estimate of drug-likeness (QED) is 0.685. The Morgan fingerprint density at radius 2 is 2.29 bits per heavy atom. The second-order valence-corrected chi connectivity index (χ2v) is 3.81. The first-order valence-corrected chi connectivity index (χ1v) is 5.50. The van der Waals surface area contributed by atoms with E-state index in [1.807, 2.05) is 11.0 Å². The van der Waals surface area contributed by atoms with Crippen molar-refractivity contribution in [3.63, 3.8) is 0 Å². The molecular weight excluding hydrogens is 216 g/mol. The van der Waals surface area contributed by atoms with Crippen LogP contribution in [0.2, 0.25) is 0 Å². The second kappa shape index (κ2) is 6.83. The van der Waals surface area contributed by atoms with Crippen molar-refractivity contribution in [2.75, 3.05) is 19.7 Å². The number of hydrogen-bond acceptors (Lipinski definition) is 3. The number of amides is 1. The van der Waals surface area contributed by atoms with Crippen LogP contribution in [-0.2, 0) is 6.54 Å².